The Labute approximate surface area is 88.7 Å². The summed E-state index contributed by atoms with van der Waals surface area (Å²) >= 11 is 0. The van der Waals surface area contributed by atoms with Crippen molar-refractivity contribution in [3.63, 3.8) is 0 Å². The Bertz CT molecular complexity index is 212. The van der Waals surface area contributed by atoms with E-state index < -0.39 is 11.9 Å². The van der Waals surface area contributed by atoms with E-state index in [9.17, 15) is 14.4 Å². The number of rotatable bonds is 8. The molecule has 5 nitrogen and oxygen atoms in total. The number of carbonyl (C=O) groups excluding carboxylic acids is 3. The van der Waals surface area contributed by atoms with E-state index >= 15 is 0 Å². The Kier molecular flexibility index (Phi) is 8.33. The van der Waals surface area contributed by atoms with Gasteiger partial charge in [0, 0.05) is 6.42 Å². The van der Waals surface area contributed by atoms with E-state index in [2.05, 4.69) is 4.74 Å². The van der Waals surface area contributed by atoms with Crippen molar-refractivity contribution in [3.8, 4) is 0 Å². The number of esters is 2. The molecule has 0 spiro atoms. The molecular weight excluding hydrogens is 200 g/mol. The van der Waals surface area contributed by atoms with E-state index in [1.165, 1.54) is 0 Å². The van der Waals surface area contributed by atoms with Gasteiger partial charge >= 0.3 is 11.9 Å². The Morgan fingerprint density at radius 2 is 1.80 bits per heavy atom. The normalized spacial score (nSPS) is 9.40. The summed E-state index contributed by atoms with van der Waals surface area (Å²) in [6.45, 7) is 2.17. The van der Waals surface area contributed by atoms with Crippen LogP contribution in [0.2, 0.25) is 0 Å². The largest absolute Gasteiger partial charge is 0.466 e. The molecule has 0 unspecified atom stereocenters. The molecule has 0 bridgehead atoms. The van der Waals surface area contributed by atoms with Crippen LogP contribution in [0.4, 0.5) is 0 Å². The molecule has 0 radical (unpaired) electrons. The maximum atomic E-state index is 11.0. The summed E-state index contributed by atoms with van der Waals surface area (Å²) in [7, 11) is 0. The van der Waals surface area contributed by atoms with Gasteiger partial charge in [0.05, 0.1) is 13.2 Å². The summed E-state index contributed by atoms with van der Waals surface area (Å²) in [6.07, 6.45) is 2.26. The van der Waals surface area contributed by atoms with Crippen LogP contribution in [-0.4, -0.2) is 31.4 Å². The van der Waals surface area contributed by atoms with Gasteiger partial charge in [0.2, 0.25) is 0 Å². The summed E-state index contributed by atoms with van der Waals surface area (Å²) in [6, 6.07) is 0. The van der Waals surface area contributed by atoms with Crippen molar-refractivity contribution < 1.29 is 23.9 Å². The molecule has 0 amide bonds. The van der Waals surface area contributed by atoms with Crippen LogP contribution in [0.3, 0.4) is 0 Å². The number of aldehydes is 1. The predicted octanol–water partition coefficient (Wildman–Crippen LogP) is 0.852. The second kappa shape index (κ2) is 9.18. The third kappa shape index (κ3) is 8.93. The van der Waals surface area contributed by atoms with Crippen LogP contribution in [0.25, 0.3) is 0 Å². The zero-order valence-electron chi connectivity index (χ0n) is 8.86. The van der Waals surface area contributed by atoms with Gasteiger partial charge in [0.15, 0.2) is 0 Å². The molecule has 0 saturated heterocycles. The molecular formula is C10H16O5. The fraction of sp³-hybridized carbons (Fsp3) is 0.700. The van der Waals surface area contributed by atoms with Crippen molar-refractivity contribution in [2.75, 3.05) is 13.2 Å². The topological polar surface area (TPSA) is 69.7 Å². The molecule has 15 heavy (non-hydrogen) atoms. The highest BCUT2D eigenvalue weighted by molar-refractivity contribution is 5.91. The van der Waals surface area contributed by atoms with Crippen LogP contribution >= 0.6 is 0 Å². The number of hydrogen-bond donors (Lipinski definition) is 0. The zero-order valence-corrected chi connectivity index (χ0v) is 8.86. The number of unbranched alkanes of at least 4 members (excludes halogenated alkanes) is 2. The van der Waals surface area contributed by atoms with Gasteiger partial charge in [-0.15, -0.1) is 0 Å². The predicted molar refractivity (Wildman–Crippen MR) is 52.1 cm³/mol. The van der Waals surface area contributed by atoms with E-state index in [1.807, 2.05) is 0 Å². The van der Waals surface area contributed by atoms with Gasteiger partial charge in [-0.05, 0) is 19.8 Å². The Hall–Kier alpha value is -1.39. The lowest BCUT2D eigenvalue weighted by Gasteiger charge is -2.03. The van der Waals surface area contributed by atoms with Crippen molar-refractivity contribution >= 4 is 18.2 Å². The molecule has 0 aromatic rings. The molecule has 0 atom stereocenters. The highest BCUT2D eigenvalue weighted by Crippen LogP contribution is 1.96. The van der Waals surface area contributed by atoms with Crippen LogP contribution in [0.5, 0.6) is 0 Å². The van der Waals surface area contributed by atoms with Crippen molar-refractivity contribution in [1.29, 1.82) is 0 Å². The number of hydrogen-bond acceptors (Lipinski definition) is 5. The van der Waals surface area contributed by atoms with Gasteiger partial charge < -0.3 is 14.3 Å². The summed E-state index contributed by atoms with van der Waals surface area (Å²) in [5.74, 6) is -1.16. The first-order chi connectivity index (χ1) is 7.20. The van der Waals surface area contributed by atoms with Crippen LogP contribution < -0.4 is 0 Å². The van der Waals surface area contributed by atoms with Gasteiger partial charge in [-0.2, -0.15) is 0 Å². The lowest BCUT2D eigenvalue weighted by molar-refractivity contribution is -0.154. The number of carbonyl (C=O) groups is 3. The van der Waals surface area contributed by atoms with Crippen molar-refractivity contribution in [2.45, 2.75) is 32.6 Å². The van der Waals surface area contributed by atoms with E-state index in [0.717, 1.165) is 6.29 Å². The third-order valence-electron chi connectivity index (χ3n) is 1.57. The molecule has 0 aromatic carbocycles. The highest BCUT2D eigenvalue weighted by Gasteiger charge is 2.10. The fourth-order valence-corrected chi connectivity index (χ4v) is 0.897. The minimum Gasteiger partial charge on any atom is -0.466 e. The van der Waals surface area contributed by atoms with Gasteiger partial charge in [0.25, 0.3) is 0 Å². The standard InChI is InChI=1S/C10H16O5/c1-2-14-9(12)8-10(13)15-7-5-3-4-6-11/h6H,2-5,7-8H2,1H3. The van der Waals surface area contributed by atoms with Gasteiger partial charge in [-0.25, -0.2) is 0 Å². The average molecular weight is 216 g/mol. The second-order valence-corrected chi connectivity index (χ2v) is 2.86. The van der Waals surface area contributed by atoms with Crippen molar-refractivity contribution in [2.24, 2.45) is 0 Å². The molecule has 86 valence electrons. The first kappa shape index (κ1) is 13.6. The highest BCUT2D eigenvalue weighted by atomic mass is 16.6. The van der Waals surface area contributed by atoms with Crippen molar-refractivity contribution in [1.82, 2.24) is 0 Å². The van der Waals surface area contributed by atoms with E-state index in [0.29, 0.717) is 19.3 Å². The van der Waals surface area contributed by atoms with Gasteiger partial charge in [-0.3, -0.25) is 9.59 Å². The SMILES string of the molecule is CCOC(=O)CC(=O)OCCCCC=O. The summed E-state index contributed by atoms with van der Waals surface area (Å²) in [5, 5.41) is 0. The first-order valence-corrected chi connectivity index (χ1v) is 4.95. The molecule has 0 saturated carbocycles. The zero-order chi connectivity index (χ0) is 11.5. The minimum atomic E-state index is -0.584. The lowest BCUT2D eigenvalue weighted by Crippen LogP contribution is -2.14. The summed E-state index contributed by atoms with van der Waals surface area (Å²) in [4.78, 5) is 31.7. The Balaban J connectivity index is 3.40. The quantitative estimate of drug-likeness (QED) is 0.260. The minimum absolute atomic E-state index is 0.242. The van der Waals surface area contributed by atoms with Crippen LogP contribution in [-0.2, 0) is 23.9 Å². The average Bonchev–Trinajstić information content (AvgIpc) is 2.17. The fourth-order valence-electron chi connectivity index (χ4n) is 0.897. The molecule has 0 aliphatic carbocycles. The maximum absolute atomic E-state index is 11.0. The molecule has 0 fully saturated rings. The maximum Gasteiger partial charge on any atom is 0.317 e. The summed E-state index contributed by atoms with van der Waals surface area (Å²) in [5.41, 5.74) is 0. The molecule has 0 heterocycles. The molecule has 0 aliphatic rings. The molecule has 0 aromatic heterocycles. The van der Waals surface area contributed by atoms with E-state index in [4.69, 9.17) is 4.74 Å². The second-order valence-electron chi connectivity index (χ2n) is 2.86. The van der Waals surface area contributed by atoms with Crippen LogP contribution in [0.15, 0.2) is 0 Å². The Morgan fingerprint density at radius 3 is 2.40 bits per heavy atom. The summed E-state index contributed by atoms with van der Waals surface area (Å²) < 4.78 is 9.32. The monoisotopic (exact) mass is 216 g/mol. The molecule has 5 heteroatoms. The smallest absolute Gasteiger partial charge is 0.317 e. The Morgan fingerprint density at radius 1 is 1.13 bits per heavy atom. The first-order valence-electron chi connectivity index (χ1n) is 4.95. The lowest BCUT2D eigenvalue weighted by atomic mass is 10.3. The van der Waals surface area contributed by atoms with Gasteiger partial charge in [0.1, 0.15) is 12.7 Å². The van der Waals surface area contributed by atoms with E-state index in [-0.39, 0.29) is 19.6 Å². The van der Waals surface area contributed by atoms with Gasteiger partial charge in [-0.1, -0.05) is 0 Å². The number of ether oxygens (including phenoxy) is 2. The third-order valence-corrected chi connectivity index (χ3v) is 1.57. The van der Waals surface area contributed by atoms with Crippen LogP contribution in [0.1, 0.15) is 32.6 Å². The van der Waals surface area contributed by atoms with Crippen LogP contribution in [0, 0.1) is 0 Å². The van der Waals surface area contributed by atoms with E-state index in [1.54, 1.807) is 6.92 Å². The molecule has 0 N–H and O–H groups in total. The molecule has 0 rings (SSSR count). The molecule has 0 aliphatic heterocycles. The van der Waals surface area contributed by atoms with Crippen molar-refractivity contribution in [3.05, 3.63) is 0 Å².